The summed E-state index contributed by atoms with van der Waals surface area (Å²) >= 11 is 0. The highest BCUT2D eigenvalue weighted by Crippen LogP contribution is 2.11. The van der Waals surface area contributed by atoms with Gasteiger partial charge in [-0.05, 0) is 12.1 Å². The van der Waals surface area contributed by atoms with Crippen LogP contribution in [0.25, 0.3) is 11.5 Å². The molecule has 0 aromatic carbocycles. The van der Waals surface area contributed by atoms with Gasteiger partial charge in [0, 0.05) is 13.2 Å². The molecule has 2 aromatic heterocycles. The fourth-order valence-corrected chi connectivity index (χ4v) is 1.02. The zero-order valence-electron chi connectivity index (χ0n) is 7.97. The quantitative estimate of drug-likeness (QED) is 0.769. The van der Waals surface area contributed by atoms with Crippen LogP contribution in [0.3, 0.4) is 0 Å². The Balaban J connectivity index is 2.32. The first-order valence-corrected chi connectivity index (χ1v) is 4.28. The maximum atomic E-state index is 11.1. The van der Waals surface area contributed by atoms with Gasteiger partial charge in [0.25, 0.3) is 0 Å². The molecule has 0 fully saturated rings. The van der Waals surface area contributed by atoms with Crippen molar-refractivity contribution in [1.29, 1.82) is 0 Å². The van der Waals surface area contributed by atoms with E-state index in [1.54, 1.807) is 24.4 Å². The minimum Gasteiger partial charge on any atom is -0.351 e. The van der Waals surface area contributed by atoms with E-state index in [-0.39, 0.29) is 5.89 Å². The van der Waals surface area contributed by atoms with Crippen LogP contribution in [0.4, 0.5) is 0 Å². The molecule has 0 atom stereocenters. The number of hydrogen-bond acceptors (Lipinski definition) is 5. The Morgan fingerprint density at radius 3 is 3.00 bits per heavy atom. The van der Waals surface area contributed by atoms with Crippen molar-refractivity contribution >= 4 is 5.91 Å². The highest BCUT2D eigenvalue weighted by molar-refractivity contribution is 5.89. The number of carbonyl (C=O) groups excluding carboxylic acids is 1. The van der Waals surface area contributed by atoms with E-state index in [0.29, 0.717) is 11.5 Å². The molecule has 6 nitrogen and oxygen atoms in total. The molecule has 0 spiro atoms. The fourth-order valence-electron chi connectivity index (χ4n) is 1.02. The van der Waals surface area contributed by atoms with Gasteiger partial charge in [-0.15, -0.1) is 0 Å². The summed E-state index contributed by atoms with van der Waals surface area (Å²) in [6.07, 6.45) is 1.62. The first-order chi connectivity index (χ1) is 7.31. The summed E-state index contributed by atoms with van der Waals surface area (Å²) in [7, 11) is 1.49. The van der Waals surface area contributed by atoms with Crippen LogP contribution in [0.1, 0.15) is 10.7 Å². The van der Waals surface area contributed by atoms with Crippen molar-refractivity contribution in [3.63, 3.8) is 0 Å². The number of nitrogens with one attached hydrogen (secondary N) is 1. The number of carbonyl (C=O) groups is 1. The molecular weight excluding hydrogens is 196 g/mol. The molecule has 0 bridgehead atoms. The van der Waals surface area contributed by atoms with Crippen molar-refractivity contribution in [3.8, 4) is 11.5 Å². The van der Waals surface area contributed by atoms with Gasteiger partial charge in [0.1, 0.15) is 5.69 Å². The van der Waals surface area contributed by atoms with E-state index in [4.69, 9.17) is 4.52 Å². The van der Waals surface area contributed by atoms with E-state index in [9.17, 15) is 4.79 Å². The summed E-state index contributed by atoms with van der Waals surface area (Å²) in [5.74, 6) is -0.183. The average Bonchev–Trinajstić information content (AvgIpc) is 2.78. The Bertz CT molecular complexity index is 466. The van der Waals surface area contributed by atoms with E-state index >= 15 is 0 Å². The summed E-state index contributed by atoms with van der Waals surface area (Å²) in [4.78, 5) is 19.1. The summed E-state index contributed by atoms with van der Waals surface area (Å²) < 4.78 is 4.76. The van der Waals surface area contributed by atoms with E-state index in [1.165, 1.54) is 7.05 Å². The van der Waals surface area contributed by atoms with Gasteiger partial charge >= 0.3 is 11.8 Å². The largest absolute Gasteiger partial charge is 0.351 e. The highest BCUT2D eigenvalue weighted by Gasteiger charge is 2.14. The van der Waals surface area contributed by atoms with Crippen molar-refractivity contribution in [1.82, 2.24) is 20.4 Å². The number of amides is 1. The Hall–Kier alpha value is -2.24. The summed E-state index contributed by atoms with van der Waals surface area (Å²) in [6, 6.07) is 5.32. The summed E-state index contributed by atoms with van der Waals surface area (Å²) in [5.41, 5.74) is 0.566. The molecular formula is C9H8N4O2. The number of pyridine rings is 1. The van der Waals surface area contributed by atoms with E-state index in [2.05, 4.69) is 20.4 Å². The van der Waals surface area contributed by atoms with Crippen molar-refractivity contribution in [2.75, 3.05) is 7.05 Å². The maximum Gasteiger partial charge on any atom is 0.316 e. The monoisotopic (exact) mass is 204 g/mol. The van der Waals surface area contributed by atoms with E-state index in [1.807, 2.05) is 0 Å². The SMILES string of the molecule is CNC(=O)c1nc(-c2ccccn2)no1. The first kappa shape index (κ1) is 9.32. The van der Waals surface area contributed by atoms with Gasteiger partial charge in [0.15, 0.2) is 0 Å². The Morgan fingerprint density at radius 2 is 2.33 bits per heavy atom. The zero-order chi connectivity index (χ0) is 10.7. The molecule has 1 N–H and O–H groups in total. The topological polar surface area (TPSA) is 80.9 Å². The van der Waals surface area contributed by atoms with Crippen molar-refractivity contribution < 1.29 is 9.32 Å². The van der Waals surface area contributed by atoms with Gasteiger partial charge in [-0.3, -0.25) is 9.78 Å². The molecule has 15 heavy (non-hydrogen) atoms. The van der Waals surface area contributed by atoms with Gasteiger partial charge in [0.2, 0.25) is 5.82 Å². The van der Waals surface area contributed by atoms with Crippen LogP contribution < -0.4 is 5.32 Å². The molecule has 2 heterocycles. The van der Waals surface area contributed by atoms with Gasteiger partial charge in [0.05, 0.1) is 0 Å². The third-order valence-electron chi connectivity index (χ3n) is 1.74. The number of hydrogen-bond donors (Lipinski definition) is 1. The lowest BCUT2D eigenvalue weighted by Gasteiger charge is -1.90. The first-order valence-electron chi connectivity index (χ1n) is 4.28. The van der Waals surface area contributed by atoms with Crippen LogP contribution in [-0.4, -0.2) is 28.1 Å². The lowest BCUT2D eigenvalue weighted by Crippen LogP contribution is -2.17. The molecule has 2 aromatic rings. The third kappa shape index (κ3) is 1.83. The zero-order valence-corrected chi connectivity index (χ0v) is 7.97. The number of rotatable bonds is 2. The maximum absolute atomic E-state index is 11.1. The molecule has 0 aliphatic rings. The molecule has 0 saturated carbocycles. The molecule has 0 unspecified atom stereocenters. The highest BCUT2D eigenvalue weighted by atomic mass is 16.5. The van der Waals surface area contributed by atoms with Crippen LogP contribution in [0, 0.1) is 0 Å². The second kappa shape index (κ2) is 3.87. The third-order valence-corrected chi connectivity index (χ3v) is 1.74. The molecule has 76 valence electrons. The van der Waals surface area contributed by atoms with Gasteiger partial charge in [-0.1, -0.05) is 11.2 Å². The van der Waals surface area contributed by atoms with Crippen molar-refractivity contribution in [2.24, 2.45) is 0 Å². The minimum atomic E-state index is -0.412. The van der Waals surface area contributed by atoms with Crippen LogP contribution in [-0.2, 0) is 0 Å². The van der Waals surface area contributed by atoms with Gasteiger partial charge < -0.3 is 9.84 Å². The van der Waals surface area contributed by atoms with Gasteiger partial charge in [-0.2, -0.15) is 4.98 Å². The Labute approximate surface area is 85.3 Å². The minimum absolute atomic E-state index is 0.0712. The second-order valence-electron chi connectivity index (χ2n) is 2.72. The fraction of sp³-hybridized carbons (Fsp3) is 0.111. The normalized spacial score (nSPS) is 9.93. The van der Waals surface area contributed by atoms with Crippen LogP contribution in [0.5, 0.6) is 0 Å². The summed E-state index contributed by atoms with van der Waals surface area (Å²) in [6.45, 7) is 0. The molecule has 0 radical (unpaired) electrons. The molecule has 1 amide bonds. The van der Waals surface area contributed by atoms with Crippen LogP contribution in [0.2, 0.25) is 0 Å². The van der Waals surface area contributed by atoms with Crippen LogP contribution in [0.15, 0.2) is 28.9 Å². The average molecular weight is 204 g/mol. The second-order valence-corrected chi connectivity index (χ2v) is 2.72. The lowest BCUT2D eigenvalue weighted by molar-refractivity contribution is 0.0919. The molecule has 6 heteroatoms. The Kier molecular flexibility index (Phi) is 2.40. The molecule has 0 aliphatic carbocycles. The standard InChI is InChI=1S/C9H8N4O2/c1-10-8(14)9-12-7(13-15-9)6-4-2-3-5-11-6/h2-5H,1H3,(H,10,14). The summed E-state index contributed by atoms with van der Waals surface area (Å²) in [5, 5.41) is 6.04. The van der Waals surface area contributed by atoms with Crippen LogP contribution >= 0.6 is 0 Å². The molecule has 0 saturated heterocycles. The van der Waals surface area contributed by atoms with E-state index < -0.39 is 5.91 Å². The molecule has 0 aliphatic heterocycles. The van der Waals surface area contributed by atoms with Crippen molar-refractivity contribution in [2.45, 2.75) is 0 Å². The van der Waals surface area contributed by atoms with E-state index in [0.717, 1.165) is 0 Å². The van der Waals surface area contributed by atoms with Crippen molar-refractivity contribution in [3.05, 3.63) is 30.3 Å². The number of nitrogens with zero attached hydrogens (tertiary/aromatic N) is 3. The number of aromatic nitrogens is 3. The predicted octanol–water partition coefficient (Wildman–Crippen LogP) is 0.491. The molecule has 2 rings (SSSR count). The lowest BCUT2D eigenvalue weighted by atomic mass is 10.3. The predicted molar refractivity (Wildman–Crippen MR) is 50.9 cm³/mol. The van der Waals surface area contributed by atoms with Gasteiger partial charge in [-0.25, -0.2) is 0 Å². The smallest absolute Gasteiger partial charge is 0.316 e. The Morgan fingerprint density at radius 1 is 1.47 bits per heavy atom.